The van der Waals surface area contributed by atoms with Gasteiger partial charge in [-0.25, -0.2) is 0 Å². The van der Waals surface area contributed by atoms with Crippen LogP contribution in [-0.4, -0.2) is 10.9 Å². The number of rotatable bonds is 3. The number of hydrogen-bond donors (Lipinski definition) is 1. The first-order chi connectivity index (χ1) is 13.2. The molecule has 28 heavy (non-hydrogen) atoms. The van der Waals surface area contributed by atoms with Crippen LogP contribution in [0.15, 0.2) is 54.7 Å². The van der Waals surface area contributed by atoms with Crippen molar-refractivity contribution in [2.75, 3.05) is 5.32 Å². The Balaban J connectivity index is 1.94. The number of aryl methyl sites for hydroxylation is 3. The van der Waals surface area contributed by atoms with Crippen molar-refractivity contribution in [3.05, 3.63) is 82.7 Å². The van der Waals surface area contributed by atoms with Gasteiger partial charge in [0.25, 0.3) is 5.91 Å². The number of aromatic nitrogens is 1. The van der Waals surface area contributed by atoms with Crippen LogP contribution in [0.3, 0.4) is 0 Å². The number of anilines is 1. The average Bonchev–Trinajstić information content (AvgIpc) is 2.61. The average molecular weight is 384 g/mol. The van der Waals surface area contributed by atoms with Gasteiger partial charge >= 0.3 is 6.18 Å². The molecule has 0 fully saturated rings. The van der Waals surface area contributed by atoms with Gasteiger partial charge in [0.05, 0.1) is 11.3 Å². The molecule has 6 heteroatoms. The predicted molar refractivity (Wildman–Crippen MR) is 103 cm³/mol. The molecule has 3 nitrogen and oxygen atoms in total. The van der Waals surface area contributed by atoms with Crippen molar-refractivity contribution < 1.29 is 18.0 Å². The molecule has 0 atom stereocenters. The van der Waals surface area contributed by atoms with Crippen LogP contribution in [-0.2, 0) is 6.18 Å². The van der Waals surface area contributed by atoms with E-state index in [1.165, 1.54) is 18.2 Å². The third-order valence-electron chi connectivity index (χ3n) is 4.49. The zero-order valence-corrected chi connectivity index (χ0v) is 15.7. The lowest BCUT2D eigenvalue weighted by Gasteiger charge is -2.16. The summed E-state index contributed by atoms with van der Waals surface area (Å²) in [6, 6.07) is 12.5. The molecule has 0 aliphatic carbocycles. The van der Waals surface area contributed by atoms with Crippen molar-refractivity contribution in [3.63, 3.8) is 0 Å². The standard InChI is InChI=1S/C22H19F3N2O/c1-13-10-17(16-9-8-15(3)26-12-16)11-14(2)20(13)21(28)27-19-7-5-4-6-18(19)22(23,24)25/h4-12H,1-3H3,(H,27,28). The smallest absolute Gasteiger partial charge is 0.321 e. The number of benzene rings is 2. The van der Waals surface area contributed by atoms with Crippen LogP contribution in [0.2, 0.25) is 0 Å². The molecule has 2 aromatic carbocycles. The van der Waals surface area contributed by atoms with Gasteiger partial charge in [-0.2, -0.15) is 13.2 Å². The summed E-state index contributed by atoms with van der Waals surface area (Å²) in [5, 5.41) is 2.41. The third-order valence-corrected chi connectivity index (χ3v) is 4.49. The minimum atomic E-state index is -4.55. The van der Waals surface area contributed by atoms with Gasteiger partial charge < -0.3 is 5.32 Å². The maximum Gasteiger partial charge on any atom is 0.418 e. The van der Waals surface area contributed by atoms with E-state index >= 15 is 0 Å². The van der Waals surface area contributed by atoms with Gasteiger partial charge in [0.1, 0.15) is 0 Å². The highest BCUT2D eigenvalue weighted by atomic mass is 19.4. The molecule has 1 heterocycles. The lowest BCUT2D eigenvalue weighted by Crippen LogP contribution is -2.18. The van der Waals surface area contributed by atoms with Gasteiger partial charge in [-0.1, -0.05) is 30.3 Å². The molecule has 0 bridgehead atoms. The predicted octanol–water partition coefficient (Wildman–Crippen LogP) is 5.94. The van der Waals surface area contributed by atoms with Crippen LogP contribution in [0.5, 0.6) is 0 Å². The van der Waals surface area contributed by atoms with E-state index in [1.807, 2.05) is 31.2 Å². The summed E-state index contributed by atoms with van der Waals surface area (Å²) in [6.45, 7) is 5.43. The number of carbonyl (C=O) groups excluding carboxylic acids is 1. The molecule has 1 aromatic heterocycles. The molecule has 0 saturated heterocycles. The van der Waals surface area contributed by atoms with Gasteiger partial charge in [-0.3, -0.25) is 9.78 Å². The van der Waals surface area contributed by atoms with E-state index in [9.17, 15) is 18.0 Å². The van der Waals surface area contributed by atoms with Gasteiger partial charge in [0.15, 0.2) is 0 Å². The van der Waals surface area contributed by atoms with Crippen LogP contribution in [0, 0.1) is 20.8 Å². The number of pyridine rings is 1. The molecule has 3 rings (SSSR count). The van der Waals surface area contributed by atoms with Gasteiger partial charge in [-0.05, 0) is 55.7 Å². The van der Waals surface area contributed by atoms with E-state index < -0.39 is 17.6 Å². The van der Waals surface area contributed by atoms with E-state index in [1.54, 1.807) is 20.0 Å². The minimum absolute atomic E-state index is 0.259. The Hall–Kier alpha value is -3.15. The number of amides is 1. The first kappa shape index (κ1) is 19.6. The fourth-order valence-electron chi connectivity index (χ4n) is 3.15. The molecular formula is C22H19F3N2O. The monoisotopic (exact) mass is 384 g/mol. The van der Waals surface area contributed by atoms with Gasteiger partial charge in [0, 0.05) is 23.0 Å². The summed E-state index contributed by atoms with van der Waals surface area (Å²) >= 11 is 0. The molecular weight excluding hydrogens is 365 g/mol. The second kappa shape index (κ2) is 7.46. The molecule has 1 N–H and O–H groups in total. The normalized spacial score (nSPS) is 11.4. The molecule has 1 amide bonds. The van der Waals surface area contributed by atoms with E-state index in [2.05, 4.69) is 10.3 Å². The second-order valence-corrected chi connectivity index (χ2v) is 6.67. The number of nitrogens with one attached hydrogen (secondary N) is 1. The maximum absolute atomic E-state index is 13.2. The van der Waals surface area contributed by atoms with Crippen molar-refractivity contribution in [1.29, 1.82) is 0 Å². The van der Waals surface area contributed by atoms with Crippen LogP contribution >= 0.6 is 0 Å². The van der Waals surface area contributed by atoms with Crippen molar-refractivity contribution in [2.45, 2.75) is 26.9 Å². The first-order valence-electron chi connectivity index (χ1n) is 8.68. The Morgan fingerprint density at radius 2 is 1.57 bits per heavy atom. The van der Waals surface area contributed by atoms with E-state index in [0.717, 1.165) is 22.9 Å². The number of carbonyl (C=O) groups is 1. The Bertz CT molecular complexity index is 1000. The molecule has 144 valence electrons. The molecule has 3 aromatic rings. The zero-order valence-electron chi connectivity index (χ0n) is 15.7. The van der Waals surface area contributed by atoms with E-state index in [0.29, 0.717) is 16.7 Å². The summed E-state index contributed by atoms with van der Waals surface area (Å²) in [5.74, 6) is -0.569. The SMILES string of the molecule is Cc1ccc(-c2cc(C)c(C(=O)Nc3ccccc3C(F)(F)F)c(C)c2)cn1. The van der Waals surface area contributed by atoms with Gasteiger partial charge in [0.2, 0.25) is 0 Å². The molecule has 0 spiro atoms. The number of alkyl halides is 3. The Kier molecular flexibility index (Phi) is 5.23. The highest BCUT2D eigenvalue weighted by molar-refractivity contribution is 6.07. The maximum atomic E-state index is 13.2. The number of nitrogens with zero attached hydrogens (tertiary/aromatic N) is 1. The number of halogens is 3. The Morgan fingerprint density at radius 3 is 2.14 bits per heavy atom. The van der Waals surface area contributed by atoms with Crippen molar-refractivity contribution in [1.82, 2.24) is 4.98 Å². The summed E-state index contributed by atoms with van der Waals surface area (Å²) in [7, 11) is 0. The number of hydrogen-bond acceptors (Lipinski definition) is 2. The summed E-state index contributed by atoms with van der Waals surface area (Å²) in [5.41, 5.74) is 3.29. The summed E-state index contributed by atoms with van der Waals surface area (Å²) in [6.07, 6.45) is -2.79. The Labute approximate surface area is 161 Å². The fourth-order valence-corrected chi connectivity index (χ4v) is 3.15. The van der Waals surface area contributed by atoms with Crippen molar-refractivity contribution in [2.24, 2.45) is 0 Å². The van der Waals surface area contributed by atoms with Crippen molar-refractivity contribution in [3.8, 4) is 11.1 Å². The molecule has 0 unspecified atom stereocenters. The Morgan fingerprint density at radius 1 is 0.929 bits per heavy atom. The zero-order chi connectivity index (χ0) is 20.5. The lowest BCUT2D eigenvalue weighted by molar-refractivity contribution is -0.136. The van der Waals surface area contributed by atoms with Crippen LogP contribution in [0.1, 0.15) is 32.7 Å². The topological polar surface area (TPSA) is 42.0 Å². The lowest BCUT2D eigenvalue weighted by atomic mass is 9.95. The first-order valence-corrected chi connectivity index (χ1v) is 8.68. The van der Waals surface area contributed by atoms with Crippen LogP contribution in [0.25, 0.3) is 11.1 Å². The summed E-state index contributed by atoms with van der Waals surface area (Å²) in [4.78, 5) is 17.0. The fraction of sp³-hybridized carbons (Fsp3) is 0.182. The van der Waals surface area contributed by atoms with Crippen LogP contribution < -0.4 is 5.32 Å². The third kappa shape index (κ3) is 4.06. The number of para-hydroxylation sites is 1. The highest BCUT2D eigenvalue weighted by Crippen LogP contribution is 2.35. The van der Waals surface area contributed by atoms with E-state index in [-0.39, 0.29) is 5.69 Å². The van der Waals surface area contributed by atoms with E-state index in [4.69, 9.17) is 0 Å². The van der Waals surface area contributed by atoms with Crippen molar-refractivity contribution >= 4 is 11.6 Å². The molecule has 0 aliphatic heterocycles. The van der Waals surface area contributed by atoms with Gasteiger partial charge in [-0.15, -0.1) is 0 Å². The minimum Gasteiger partial charge on any atom is -0.321 e. The summed E-state index contributed by atoms with van der Waals surface area (Å²) < 4.78 is 39.5. The highest BCUT2D eigenvalue weighted by Gasteiger charge is 2.33. The molecule has 0 radical (unpaired) electrons. The molecule has 0 saturated carbocycles. The quantitative estimate of drug-likeness (QED) is 0.607. The molecule has 0 aliphatic rings. The second-order valence-electron chi connectivity index (χ2n) is 6.67. The van der Waals surface area contributed by atoms with Crippen LogP contribution in [0.4, 0.5) is 18.9 Å². The largest absolute Gasteiger partial charge is 0.418 e.